The third-order valence-electron chi connectivity index (χ3n) is 7.87. The van der Waals surface area contributed by atoms with Gasteiger partial charge in [-0.05, 0) is 57.2 Å². The highest BCUT2D eigenvalue weighted by Gasteiger charge is 2.21. The summed E-state index contributed by atoms with van der Waals surface area (Å²) in [6, 6.07) is 11.4. The summed E-state index contributed by atoms with van der Waals surface area (Å²) in [6.45, 7) is 5.56. The largest absolute Gasteiger partial charge is 0.493 e. The van der Waals surface area contributed by atoms with Crippen LogP contribution < -0.4 is 39.6 Å². The molecule has 0 amide bonds. The van der Waals surface area contributed by atoms with Crippen LogP contribution in [0.15, 0.2) is 36.4 Å². The first-order valence-corrected chi connectivity index (χ1v) is 15.2. The number of aliphatic hydroxyl groups is 1. The molecule has 0 bridgehead atoms. The number of aryl methyl sites for hydroxylation is 1. The summed E-state index contributed by atoms with van der Waals surface area (Å²) in [4.78, 5) is 11.6. The van der Waals surface area contributed by atoms with Crippen molar-refractivity contribution in [1.82, 2.24) is 20.2 Å². The lowest BCUT2D eigenvalue weighted by Crippen LogP contribution is -2.43. The Balaban J connectivity index is 1.38. The molecule has 1 aliphatic rings. The molecule has 0 unspecified atom stereocenters. The number of methoxy groups -OCH3 is 2. The Morgan fingerprint density at radius 3 is 1.96 bits per heavy atom. The van der Waals surface area contributed by atoms with E-state index in [4.69, 9.17) is 33.7 Å². The molecule has 2 atom stereocenters. The van der Waals surface area contributed by atoms with Crippen LogP contribution in [0.25, 0.3) is 21.8 Å². The molecule has 2 aromatic carbocycles. The number of pyridine rings is 2. The maximum atomic E-state index is 10.5. The number of ether oxygens (including phenoxy) is 5. The minimum Gasteiger partial charge on any atom is -0.493 e. The number of hydrogen-bond donors (Lipinski definition) is 4. The second kappa shape index (κ2) is 14.7. The molecule has 242 valence electrons. The molecule has 1 saturated heterocycles. The van der Waals surface area contributed by atoms with Crippen molar-refractivity contribution < 1.29 is 28.8 Å². The van der Waals surface area contributed by atoms with E-state index in [0.717, 1.165) is 40.8 Å². The van der Waals surface area contributed by atoms with E-state index < -0.39 is 6.10 Å². The minimum absolute atomic E-state index is 0.151. The number of benzene rings is 2. The van der Waals surface area contributed by atoms with Crippen LogP contribution in [0.5, 0.6) is 28.7 Å². The van der Waals surface area contributed by atoms with Crippen LogP contribution >= 0.6 is 0 Å². The number of hydrogen-bond acceptors (Lipinski definition) is 12. The van der Waals surface area contributed by atoms with Crippen molar-refractivity contribution in [3.05, 3.63) is 42.0 Å². The highest BCUT2D eigenvalue weighted by Crippen LogP contribution is 2.38. The van der Waals surface area contributed by atoms with Gasteiger partial charge in [0.05, 0.1) is 25.3 Å². The van der Waals surface area contributed by atoms with Gasteiger partial charge in [0.1, 0.15) is 42.8 Å². The molecule has 2 aromatic heterocycles. The lowest BCUT2D eigenvalue weighted by molar-refractivity contribution is 0.0460. The standard InChI is InChI=1S/C33H44N6O6/c1-20-10-32(35-3)37-25-13-31(28(41-5)11-23(20)25)44-19-22(16-34-2)45-27-15-33(36-4)38-26-14-30(29(42-6)12-24(26)27)43-18-21(40)17-39-8-7-9-39/h10-15,21-22,34,40H,7-9,16-19H2,1-6H3,(H,35,37)(H,36,38)/t21-,22-/m1/s1. The topological polar surface area (TPSA) is 131 Å². The van der Waals surface area contributed by atoms with Crippen LogP contribution in [0.4, 0.5) is 11.6 Å². The van der Waals surface area contributed by atoms with Gasteiger partial charge in [-0.25, -0.2) is 9.97 Å². The van der Waals surface area contributed by atoms with Crippen molar-refractivity contribution >= 4 is 33.4 Å². The third kappa shape index (κ3) is 7.52. The van der Waals surface area contributed by atoms with Gasteiger partial charge in [0.2, 0.25) is 0 Å². The molecule has 5 rings (SSSR count). The molecule has 0 spiro atoms. The lowest BCUT2D eigenvalue weighted by atomic mass is 10.1. The van der Waals surface area contributed by atoms with E-state index >= 15 is 0 Å². The van der Waals surface area contributed by atoms with Gasteiger partial charge in [-0.15, -0.1) is 0 Å². The fraction of sp³-hybridized carbons (Fsp3) is 0.455. The molecular weight excluding hydrogens is 576 g/mol. The SMILES string of the molecule is CNC[C@H](COc1cc2nc(NC)cc(C)c2cc1OC)Oc1cc(NC)nc2cc(OC[C@H](O)CN3CCC3)c(OC)cc12. The summed E-state index contributed by atoms with van der Waals surface area (Å²) in [5, 5.41) is 21.6. The number of aliphatic hydroxyl groups excluding tert-OH is 1. The number of rotatable bonds is 16. The molecule has 12 nitrogen and oxygen atoms in total. The van der Waals surface area contributed by atoms with Gasteiger partial charge in [0, 0.05) is 56.2 Å². The van der Waals surface area contributed by atoms with E-state index in [1.807, 2.05) is 57.4 Å². The third-order valence-corrected chi connectivity index (χ3v) is 7.87. The first-order valence-electron chi connectivity index (χ1n) is 15.2. The first-order chi connectivity index (χ1) is 21.8. The van der Waals surface area contributed by atoms with Crippen LogP contribution in [0.3, 0.4) is 0 Å². The van der Waals surface area contributed by atoms with Crippen molar-refractivity contribution in [1.29, 1.82) is 0 Å². The zero-order valence-electron chi connectivity index (χ0n) is 26.9. The van der Waals surface area contributed by atoms with Crippen molar-refractivity contribution in [2.45, 2.75) is 25.6 Å². The summed E-state index contributed by atoms with van der Waals surface area (Å²) < 4.78 is 30.2. The molecule has 0 aliphatic carbocycles. The van der Waals surface area contributed by atoms with Gasteiger partial charge in [-0.2, -0.15) is 0 Å². The van der Waals surface area contributed by atoms with Gasteiger partial charge in [-0.1, -0.05) is 0 Å². The van der Waals surface area contributed by atoms with E-state index in [-0.39, 0.29) is 19.3 Å². The fourth-order valence-electron chi connectivity index (χ4n) is 5.33. The normalized spacial score (nSPS) is 14.5. The second-order valence-corrected chi connectivity index (χ2v) is 11.1. The molecule has 0 radical (unpaired) electrons. The Labute approximate surface area is 264 Å². The van der Waals surface area contributed by atoms with Gasteiger partial charge in [0.15, 0.2) is 23.0 Å². The monoisotopic (exact) mass is 620 g/mol. The maximum absolute atomic E-state index is 10.5. The highest BCUT2D eigenvalue weighted by atomic mass is 16.5. The number of nitrogens with zero attached hydrogens (tertiary/aromatic N) is 3. The predicted molar refractivity (Wildman–Crippen MR) is 177 cm³/mol. The summed E-state index contributed by atoms with van der Waals surface area (Å²) in [6.07, 6.45) is 0.196. The molecule has 4 N–H and O–H groups in total. The number of aromatic nitrogens is 2. The average molecular weight is 621 g/mol. The van der Waals surface area contributed by atoms with Gasteiger partial charge < -0.3 is 49.6 Å². The Kier molecular flexibility index (Phi) is 10.5. The number of fused-ring (bicyclic) bond motifs is 2. The van der Waals surface area contributed by atoms with Crippen molar-refractivity contribution in [2.75, 3.05) is 85.4 Å². The first kappa shape index (κ1) is 32.1. The summed E-state index contributed by atoms with van der Waals surface area (Å²) in [7, 11) is 8.73. The second-order valence-electron chi connectivity index (χ2n) is 11.1. The van der Waals surface area contributed by atoms with E-state index in [9.17, 15) is 5.11 Å². The van der Waals surface area contributed by atoms with Crippen LogP contribution in [0.2, 0.25) is 0 Å². The van der Waals surface area contributed by atoms with Crippen LogP contribution in [0.1, 0.15) is 12.0 Å². The van der Waals surface area contributed by atoms with Crippen LogP contribution in [-0.2, 0) is 0 Å². The zero-order chi connectivity index (χ0) is 31.9. The Morgan fingerprint density at radius 1 is 0.778 bits per heavy atom. The number of β-amino-alcohol motifs (C(OH)–C–C–N with tert-alkyl or cyclic N) is 1. The lowest BCUT2D eigenvalue weighted by Gasteiger charge is -2.32. The molecule has 1 aliphatic heterocycles. The number of nitrogens with one attached hydrogen (secondary N) is 3. The van der Waals surface area contributed by atoms with Gasteiger partial charge >= 0.3 is 0 Å². The van der Waals surface area contributed by atoms with E-state index in [0.29, 0.717) is 53.2 Å². The molecule has 12 heteroatoms. The Morgan fingerprint density at radius 2 is 1.38 bits per heavy atom. The molecule has 0 saturated carbocycles. The van der Waals surface area contributed by atoms with E-state index in [1.54, 1.807) is 21.3 Å². The number of likely N-dealkylation sites (N-methyl/N-ethyl adjacent to an activating group) is 1. The minimum atomic E-state index is -0.602. The summed E-state index contributed by atoms with van der Waals surface area (Å²) >= 11 is 0. The predicted octanol–water partition coefficient (Wildman–Crippen LogP) is 3.68. The highest BCUT2D eigenvalue weighted by molar-refractivity contribution is 5.90. The smallest absolute Gasteiger partial charge is 0.163 e. The Bertz CT molecular complexity index is 1610. The molecule has 3 heterocycles. The van der Waals surface area contributed by atoms with Crippen LogP contribution in [-0.4, -0.2) is 107 Å². The van der Waals surface area contributed by atoms with Crippen molar-refractivity contribution in [3.63, 3.8) is 0 Å². The number of likely N-dealkylation sites (tertiary alicyclic amines) is 1. The van der Waals surface area contributed by atoms with Gasteiger partial charge in [0.25, 0.3) is 0 Å². The van der Waals surface area contributed by atoms with Crippen LogP contribution in [0, 0.1) is 6.92 Å². The van der Waals surface area contributed by atoms with Crippen molar-refractivity contribution in [2.24, 2.45) is 0 Å². The van der Waals surface area contributed by atoms with E-state index in [1.165, 1.54) is 6.42 Å². The maximum Gasteiger partial charge on any atom is 0.163 e. The summed E-state index contributed by atoms with van der Waals surface area (Å²) in [5.74, 6) is 4.24. The average Bonchev–Trinajstić information content (AvgIpc) is 3.03. The fourth-order valence-corrected chi connectivity index (χ4v) is 5.33. The molecule has 4 aromatic rings. The molecular formula is C33H44N6O6. The zero-order valence-corrected chi connectivity index (χ0v) is 26.9. The Hall–Kier alpha value is -4.26. The summed E-state index contributed by atoms with van der Waals surface area (Å²) in [5.41, 5.74) is 2.55. The quantitative estimate of drug-likeness (QED) is 0.146. The molecule has 45 heavy (non-hydrogen) atoms. The molecule has 1 fully saturated rings. The van der Waals surface area contributed by atoms with E-state index in [2.05, 4.69) is 20.9 Å². The van der Waals surface area contributed by atoms with Gasteiger partial charge in [-0.3, -0.25) is 0 Å². The number of anilines is 2. The van der Waals surface area contributed by atoms with Crippen molar-refractivity contribution in [3.8, 4) is 28.7 Å².